The van der Waals surface area contributed by atoms with Gasteiger partial charge in [0.1, 0.15) is 17.5 Å². The van der Waals surface area contributed by atoms with Crippen LogP contribution < -0.4 is 16.4 Å². The smallest absolute Gasteiger partial charge is 0.243 e. The van der Waals surface area contributed by atoms with E-state index in [4.69, 9.17) is 5.73 Å². The van der Waals surface area contributed by atoms with Crippen LogP contribution in [0.2, 0.25) is 0 Å². The molecule has 3 aromatic carbocycles. The lowest BCUT2D eigenvalue weighted by molar-refractivity contribution is -0.117. The molecule has 0 aromatic heterocycles. The standard InChI is InChI=1S/C35H39F3N4O3S/c1-4-9-29(10-5-2)46(44,45)42-23(3)21-40-22-28(42)17-18-30-31(38)15-8-16-32(30)41-35(43)34(39)33(24-11-6-13-26(36)19-24)25-12-7-14-27(37)20-25/h4-16,19-20,23,28,33-34,40H,1,17-18,21-22,39H2,2-3H3,(H,41,43)/b10-5-,29-9+/t23-,28+,34+/m1/s1. The second-order valence-corrected chi connectivity index (χ2v) is 13.1. The topological polar surface area (TPSA) is 105 Å². The van der Waals surface area contributed by atoms with E-state index in [1.165, 1.54) is 77.1 Å². The molecule has 0 saturated carbocycles. The highest BCUT2D eigenvalue weighted by molar-refractivity contribution is 7.93. The molecular formula is C35H39F3N4O3S. The first kappa shape index (κ1) is 34.8. The quantitative estimate of drug-likeness (QED) is 0.216. The Bertz CT molecular complexity index is 1680. The molecule has 7 nitrogen and oxygen atoms in total. The Balaban J connectivity index is 1.60. The lowest BCUT2D eigenvalue weighted by Crippen LogP contribution is -2.58. The summed E-state index contributed by atoms with van der Waals surface area (Å²) in [6, 6.07) is 13.2. The maximum absolute atomic E-state index is 15.3. The van der Waals surface area contributed by atoms with Gasteiger partial charge in [-0.15, -0.1) is 0 Å². The third-order valence-corrected chi connectivity index (χ3v) is 10.1. The van der Waals surface area contributed by atoms with Crippen molar-refractivity contribution in [3.8, 4) is 0 Å². The molecule has 0 spiro atoms. The summed E-state index contributed by atoms with van der Waals surface area (Å²) in [5.74, 6) is -3.26. The van der Waals surface area contributed by atoms with E-state index in [0.717, 1.165) is 0 Å². The van der Waals surface area contributed by atoms with Crippen molar-refractivity contribution in [2.45, 2.75) is 50.7 Å². The van der Waals surface area contributed by atoms with Crippen LogP contribution in [0, 0.1) is 17.5 Å². The number of nitrogens with two attached hydrogens (primary N) is 1. The molecule has 1 amide bonds. The van der Waals surface area contributed by atoms with Crippen LogP contribution in [-0.2, 0) is 21.2 Å². The highest BCUT2D eigenvalue weighted by atomic mass is 32.2. The molecule has 4 rings (SSSR count). The highest BCUT2D eigenvalue weighted by Crippen LogP contribution is 2.31. The fourth-order valence-corrected chi connectivity index (χ4v) is 7.85. The Morgan fingerprint density at radius 1 is 1.07 bits per heavy atom. The third kappa shape index (κ3) is 8.03. The average molecular weight is 653 g/mol. The Morgan fingerprint density at radius 3 is 2.28 bits per heavy atom. The fourth-order valence-electron chi connectivity index (χ4n) is 5.91. The van der Waals surface area contributed by atoms with Gasteiger partial charge in [-0.2, -0.15) is 4.31 Å². The zero-order valence-corrected chi connectivity index (χ0v) is 26.6. The van der Waals surface area contributed by atoms with Gasteiger partial charge < -0.3 is 16.4 Å². The van der Waals surface area contributed by atoms with Gasteiger partial charge in [0.25, 0.3) is 0 Å². The molecule has 1 fully saturated rings. The molecule has 1 aliphatic heterocycles. The second-order valence-electron chi connectivity index (χ2n) is 11.2. The minimum atomic E-state index is -3.91. The monoisotopic (exact) mass is 652 g/mol. The lowest BCUT2D eigenvalue weighted by atomic mass is 9.84. The summed E-state index contributed by atoms with van der Waals surface area (Å²) in [6.45, 7) is 7.97. The van der Waals surface area contributed by atoms with Crippen LogP contribution in [0.4, 0.5) is 18.9 Å². The Kier molecular flexibility index (Phi) is 11.7. The summed E-state index contributed by atoms with van der Waals surface area (Å²) in [5.41, 5.74) is 7.56. The molecule has 1 heterocycles. The normalized spacial score (nSPS) is 18.5. The van der Waals surface area contributed by atoms with Gasteiger partial charge in [0.15, 0.2) is 0 Å². The van der Waals surface area contributed by atoms with Crippen LogP contribution in [0.15, 0.2) is 103 Å². The first-order valence-corrected chi connectivity index (χ1v) is 16.5. The van der Waals surface area contributed by atoms with Gasteiger partial charge in [-0.05, 0) is 86.4 Å². The summed E-state index contributed by atoms with van der Waals surface area (Å²) < 4.78 is 72.6. The molecule has 244 valence electrons. The van der Waals surface area contributed by atoms with Crippen molar-refractivity contribution in [3.63, 3.8) is 0 Å². The number of sulfonamides is 1. The first-order valence-electron chi connectivity index (χ1n) is 15.0. The maximum Gasteiger partial charge on any atom is 0.243 e. The van der Waals surface area contributed by atoms with Crippen molar-refractivity contribution in [2.24, 2.45) is 5.73 Å². The molecule has 3 aromatic rings. The van der Waals surface area contributed by atoms with Crippen molar-refractivity contribution in [3.05, 3.63) is 137 Å². The summed E-state index contributed by atoms with van der Waals surface area (Å²) >= 11 is 0. The number of carbonyl (C=O) groups is 1. The van der Waals surface area contributed by atoms with Crippen LogP contribution in [0.3, 0.4) is 0 Å². The molecule has 46 heavy (non-hydrogen) atoms. The number of nitrogens with zero attached hydrogens (tertiary/aromatic N) is 1. The largest absolute Gasteiger partial charge is 0.324 e. The van der Waals surface area contributed by atoms with E-state index >= 15 is 4.39 Å². The molecule has 3 atom stereocenters. The zero-order chi connectivity index (χ0) is 33.4. The van der Waals surface area contributed by atoms with Crippen LogP contribution in [-0.4, -0.2) is 49.8 Å². The number of halogens is 3. The van der Waals surface area contributed by atoms with E-state index < -0.39 is 51.4 Å². The third-order valence-electron chi connectivity index (χ3n) is 7.98. The van der Waals surface area contributed by atoms with Crippen LogP contribution in [0.25, 0.3) is 0 Å². The van der Waals surface area contributed by atoms with E-state index in [1.807, 2.05) is 6.92 Å². The average Bonchev–Trinajstić information content (AvgIpc) is 3.00. The second kappa shape index (κ2) is 15.5. The number of piperazine rings is 1. The van der Waals surface area contributed by atoms with Gasteiger partial charge in [0.2, 0.25) is 15.9 Å². The van der Waals surface area contributed by atoms with Gasteiger partial charge >= 0.3 is 0 Å². The SMILES string of the molecule is C=C/C=C(\C=C/C)S(=O)(=O)N1[C@@H](CCc2c(F)cccc2NC(=O)[C@@H](N)C(c2cccc(F)c2)c2cccc(F)c2)CNC[C@H]1C. The molecule has 0 bridgehead atoms. The number of hydrogen-bond acceptors (Lipinski definition) is 5. The Labute approximate surface area is 268 Å². The predicted molar refractivity (Wildman–Crippen MR) is 176 cm³/mol. The fraction of sp³-hybridized carbons (Fsp3) is 0.286. The van der Waals surface area contributed by atoms with E-state index in [2.05, 4.69) is 17.2 Å². The minimum absolute atomic E-state index is 0.0998. The maximum atomic E-state index is 15.3. The summed E-state index contributed by atoms with van der Waals surface area (Å²) in [4.78, 5) is 13.7. The number of amides is 1. The number of rotatable bonds is 12. The van der Waals surface area contributed by atoms with Crippen LogP contribution in [0.1, 0.15) is 42.9 Å². The number of hydrogen-bond donors (Lipinski definition) is 3. The molecule has 4 N–H and O–H groups in total. The van der Waals surface area contributed by atoms with Crippen molar-refractivity contribution in [2.75, 3.05) is 18.4 Å². The zero-order valence-electron chi connectivity index (χ0n) is 25.8. The van der Waals surface area contributed by atoms with E-state index in [1.54, 1.807) is 25.1 Å². The van der Waals surface area contributed by atoms with Gasteiger partial charge in [-0.25, -0.2) is 21.6 Å². The lowest BCUT2D eigenvalue weighted by Gasteiger charge is -2.40. The molecular weight excluding hydrogens is 613 g/mol. The van der Waals surface area contributed by atoms with Crippen LogP contribution >= 0.6 is 0 Å². The molecule has 0 unspecified atom stereocenters. The van der Waals surface area contributed by atoms with Gasteiger partial charge in [0, 0.05) is 42.3 Å². The predicted octanol–water partition coefficient (Wildman–Crippen LogP) is 5.77. The Morgan fingerprint density at radius 2 is 1.70 bits per heavy atom. The first-order chi connectivity index (χ1) is 22.0. The minimum Gasteiger partial charge on any atom is -0.324 e. The van der Waals surface area contributed by atoms with Crippen LogP contribution in [0.5, 0.6) is 0 Å². The molecule has 11 heteroatoms. The van der Waals surface area contributed by atoms with Crippen molar-refractivity contribution >= 4 is 21.6 Å². The number of nitrogens with one attached hydrogen (secondary N) is 2. The number of anilines is 1. The van der Waals surface area contributed by atoms with Gasteiger partial charge in [-0.3, -0.25) is 4.79 Å². The number of benzene rings is 3. The van der Waals surface area contributed by atoms with E-state index in [9.17, 15) is 22.0 Å². The summed E-state index contributed by atoms with van der Waals surface area (Å²) in [5, 5.41) is 5.98. The summed E-state index contributed by atoms with van der Waals surface area (Å²) in [6.07, 6.45) is 6.36. The van der Waals surface area contributed by atoms with Crippen molar-refractivity contribution in [1.29, 1.82) is 0 Å². The molecule has 1 aliphatic rings. The van der Waals surface area contributed by atoms with Gasteiger partial charge in [-0.1, -0.05) is 49.1 Å². The summed E-state index contributed by atoms with van der Waals surface area (Å²) in [7, 11) is -3.91. The van der Waals surface area contributed by atoms with E-state index in [0.29, 0.717) is 24.2 Å². The number of carbonyl (C=O) groups excluding carboxylic acids is 1. The molecule has 0 radical (unpaired) electrons. The highest BCUT2D eigenvalue weighted by Gasteiger charge is 2.38. The molecule has 0 aliphatic carbocycles. The number of allylic oxidation sites excluding steroid dienone is 4. The Hall–Kier alpha value is -4.03. The van der Waals surface area contributed by atoms with Gasteiger partial charge in [0.05, 0.1) is 10.9 Å². The molecule has 1 saturated heterocycles. The van der Waals surface area contributed by atoms with Crippen molar-refractivity contribution in [1.82, 2.24) is 9.62 Å². The van der Waals surface area contributed by atoms with E-state index in [-0.39, 0.29) is 35.0 Å². The van der Waals surface area contributed by atoms with Crippen molar-refractivity contribution < 1.29 is 26.4 Å².